The van der Waals surface area contributed by atoms with Gasteiger partial charge in [-0.1, -0.05) is 30.3 Å². The van der Waals surface area contributed by atoms with Crippen LogP contribution in [-0.4, -0.2) is 18.0 Å². The number of rotatable bonds is 5. The van der Waals surface area contributed by atoms with Crippen LogP contribution in [0.2, 0.25) is 0 Å². The Hall–Kier alpha value is -1.48. The Balaban J connectivity index is 2.42. The summed E-state index contributed by atoms with van der Waals surface area (Å²) in [5.41, 5.74) is 6.41. The van der Waals surface area contributed by atoms with Crippen molar-refractivity contribution in [2.24, 2.45) is 5.73 Å². The summed E-state index contributed by atoms with van der Waals surface area (Å²) in [6.07, 6.45) is 1.20. The van der Waals surface area contributed by atoms with Crippen molar-refractivity contribution in [3.63, 3.8) is 0 Å². The summed E-state index contributed by atoms with van der Waals surface area (Å²) < 4.78 is 0. The van der Waals surface area contributed by atoms with E-state index in [4.69, 9.17) is 11.1 Å². The molecule has 1 rings (SSSR count). The van der Waals surface area contributed by atoms with Gasteiger partial charge in [0.2, 0.25) is 0 Å². The van der Waals surface area contributed by atoms with Gasteiger partial charge in [0.25, 0.3) is 0 Å². The highest BCUT2D eigenvalue weighted by atomic mass is 16.1. The van der Waals surface area contributed by atoms with Crippen LogP contribution in [0.1, 0.15) is 12.0 Å². The lowest BCUT2D eigenvalue weighted by Crippen LogP contribution is -2.22. The van der Waals surface area contributed by atoms with E-state index in [0.29, 0.717) is 6.42 Å². The lowest BCUT2D eigenvalue weighted by atomic mass is 10.1. The molecule has 0 saturated heterocycles. The molecule has 0 saturated carbocycles. The monoisotopic (exact) mass is 190 g/mol. The van der Waals surface area contributed by atoms with Crippen LogP contribution in [0, 0.1) is 5.41 Å². The van der Waals surface area contributed by atoms with Gasteiger partial charge >= 0.3 is 0 Å². The fourth-order valence-electron chi connectivity index (χ4n) is 1.18. The summed E-state index contributed by atoms with van der Waals surface area (Å²) in [7, 11) is 0. The maximum atomic E-state index is 11.0. The molecular weight excluding hydrogens is 176 g/mol. The van der Waals surface area contributed by atoms with Gasteiger partial charge in [-0.05, 0) is 18.4 Å². The van der Waals surface area contributed by atoms with Gasteiger partial charge in [-0.2, -0.15) is 0 Å². The molecule has 0 aliphatic rings. The van der Waals surface area contributed by atoms with E-state index in [1.54, 1.807) is 0 Å². The highest BCUT2D eigenvalue weighted by molar-refractivity contribution is 6.39. The number of carbonyl (C=O) groups is 1. The van der Waals surface area contributed by atoms with Gasteiger partial charge in [0.1, 0.15) is 0 Å². The maximum absolute atomic E-state index is 11.0. The van der Waals surface area contributed by atoms with Gasteiger partial charge in [-0.3, -0.25) is 4.79 Å². The van der Waals surface area contributed by atoms with Crippen molar-refractivity contribution in [2.45, 2.75) is 12.8 Å². The minimum atomic E-state index is -0.263. The van der Waals surface area contributed by atoms with Crippen LogP contribution in [0.4, 0.5) is 0 Å². The SMILES string of the molecule is N=C(CCc1ccccc1)C(=O)CN. The molecule has 3 N–H and O–H groups in total. The molecule has 0 unspecified atom stereocenters. The number of hydrogen-bond acceptors (Lipinski definition) is 3. The average Bonchev–Trinajstić information content (AvgIpc) is 2.26. The second kappa shape index (κ2) is 5.29. The first-order valence-corrected chi connectivity index (χ1v) is 4.58. The largest absolute Gasteiger partial charge is 0.324 e. The molecule has 3 heteroatoms. The summed E-state index contributed by atoms with van der Waals surface area (Å²) in [5.74, 6) is -0.263. The van der Waals surface area contributed by atoms with Gasteiger partial charge in [0, 0.05) is 0 Å². The molecule has 3 nitrogen and oxygen atoms in total. The van der Waals surface area contributed by atoms with Crippen LogP contribution in [0.25, 0.3) is 0 Å². The van der Waals surface area contributed by atoms with Gasteiger partial charge in [0.05, 0.1) is 12.3 Å². The summed E-state index contributed by atoms with van der Waals surface area (Å²) in [4.78, 5) is 11.0. The summed E-state index contributed by atoms with van der Waals surface area (Å²) in [6, 6.07) is 9.81. The number of Topliss-reactive ketones (excluding diaryl/α,β-unsaturated/α-hetero) is 1. The van der Waals surface area contributed by atoms with Crippen LogP contribution in [0.15, 0.2) is 30.3 Å². The third-order valence-corrected chi connectivity index (χ3v) is 2.03. The van der Waals surface area contributed by atoms with Gasteiger partial charge in [0.15, 0.2) is 5.78 Å². The second-order valence-electron chi connectivity index (χ2n) is 3.09. The molecule has 0 bridgehead atoms. The molecule has 0 heterocycles. The number of carbonyl (C=O) groups excluding carboxylic acids is 1. The van der Waals surface area contributed by atoms with Crippen LogP contribution < -0.4 is 5.73 Å². The van der Waals surface area contributed by atoms with Crippen LogP contribution in [-0.2, 0) is 11.2 Å². The highest BCUT2D eigenvalue weighted by Crippen LogP contribution is 2.02. The van der Waals surface area contributed by atoms with Crippen molar-refractivity contribution in [3.8, 4) is 0 Å². The molecule has 1 aromatic rings. The van der Waals surface area contributed by atoms with E-state index < -0.39 is 0 Å². The first-order chi connectivity index (χ1) is 6.74. The van der Waals surface area contributed by atoms with Crippen LogP contribution >= 0.6 is 0 Å². The second-order valence-corrected chi connectivity index (χ2v) is 3.09. The fourth-order valence-corrected chi connectivity index (χ4v) is 1.18. The Labute approximate surface area is 83.4 Å². The van der Waals surface area contributed by atoms with Crippen LogP contribution in [0.5, 0.6) is 0 Å². The third kappa shape index (κ3) is 3.11. The quantitative estimate of drug-likeness (QED) is 0.684. The zero-order valence-corrected chi connectivity index (χ0v) is 7.99. The van der Waals surface area contributed by atoms with E-state index in [2.05, 4.69) is 0 Å². The molecule has 14 heavy (non-hydrogen) atoms. The first kappa shape index (κ1) is 10.6. The standard InChI is InChI=1S/C11H14N2O/c12-8-11(14)10(13)7-6-9-4-2-1-3-5-9/h1-5,13H,6-8,12H2. The Morgan fingerprint density at radius 3 is 2.50 bits per heavy atom. The van der Waals surface area contributed by atoms with Crippen molar-refractivity contribution in [3.05, 3.63) is 35.9 Å². The van der Waals surface area contributed by atoms with E-state index in [9.17, 15) is 4.79 Å². The molecule has 0 fully saturated rings. The maximum Gasteiger partial charge on any atom is 0.189 e. The normalized spacial score (nSPS) is 9.79. The predicted octanol–water partition coefficient (Wildman–Crippen LogP) is 1.17. The average molecular weight is 190 g/mol. The van der Waals surface area contributed by atoms with Crippen molar-refractivity contribution in [1.29, 1.82) is 5.41 Å². The predicted molar refractivity (Wildman–Crippen MR) is 56.6 cm³/mol. The number of nitrogens with one attached hydrogen (secondary N) is 1. The van der Waals surface area contributed by atoms with Crippen molar-refractivity contribution in [1.82, 2.24) is 0 Å². The summed E-state index contributed by atoms with van der Waals surface area (Å²) in [5, 5.41) is 7.41. The van der Waals surface area contributed by atoms with Gasteiger partial charge in [-0.25, -0.2) is 0 Å². The molecule has 74 valence electrons. The zero-order valence-electron chi connectivity index (χ0n) is 7.99. The molecule has 0 aromatic heterocycles. The minimum Gasteiger partial charge on any atom is -0.324 e. The van der Waals surface area contributed by atoms with E-state index in [-0.39, 0.29) is 18.0 Å². The van der Waals surface area contributed by atoms with Crippen molar-refractivity contribution in [2.75, 3.05) is 6.54 Å². The van der Waals surface area contributed by atoms with Crippen molar-refractivity contribution >= 4 is 11.5 Å². The molecule has 0 aliphatic heterocycles. The van der Waals surface area contributed by atoms with Crippen LogP contribution in [0.3, 0.4) is 0 Å². The summed E-state index contributed by atoms with van der Waals surface area (Å²) in [6.45, 7) is -0.0619. The molecule has 0 amide bonds. The molecular formula is C11H14N2O. The number of benzene rings is 1. The number of ketones is 1. The molecule has 0 radical (unpaired) electrons. The Morgan fingerprint density at radius 1 is 1.29 bits per heavy atom. The Kier molecular flexibility index (Phi) is 4.01. The minimum absolute atomic E-state index is 0.0619. The molecule has 0 aliphatic carbocycles. The van der Waals surface area contributed by atoms with Gasteiger partial charge in [-0.15, -0.1) is 0 Å². The van der Waals surface area contributed by atoms with Crippen molar-refractivity contribution < 1.29 is 4.79 Å². The lowest BCUT2D eigenvalue weighted by molar-refractivity contribution is -0.111. The number of nitrogens with two attached hydrogens (primary N) is 1. The Morgan fingerprint density at radius 2 is 1.93 bits per heavy atom. The van der Waals surface area contributed by atoms with E-state index in [0.717, 1.165) is 12.0 Å². The van der Waals surface area contributed by atoms with E-state index in [1.165, 1.54) is 0 Å². The third-order valence-electron chi connectivity index (χ3n) is 2.03. The highest BCUT2D eigenvalue weighted by Gasteiger charge is 2.06. The zero-order chi connectivity index (χ0) is 10.4. The molecule has 1 aromatic carbocycles. The van der Waals surface area contributed by atoms with Gasteiger partial charge < -0.3 is 11.1 Å². The molecule has 0 spiro atoms. The number of aryl methyl sites for hydroxylation is 1. The summed E-state index contributed by atoms with van der Waals surface area (Å²) >= 11 is 0. The smallest absolute Gasteiger partial charge is 0.189 e. The molecule has 0 atom stereocenters. The van der Waals surface area contributed by atoms with E-state index >= 15 is 0 Å². The number of hydrogen-bond donors (Lipinski definition) is 2. The van der Waals surface area contributed by atoms with E-state index in [1.807, 2.05) is 30.3 Å². The lowest BCUT2D eigenvalue weighted by Gasteiger charge is -2.01. The topological polar surface area (TPSA) is 66.9 Å². The first-order valence-electron chi connectivity index (χ1n) is 4.58. The fraction of sp³-hybridized carbons (Fsp3) is 0.273. The Bertz CT molecular complexity index is 319.